The highest BCUT2D eigenvalue weighted by Crippen LogP contribution is 2.39. The molecule has 29 heavy (non-hydrogen) atoms. The Morgan fingerprint density at radius 2 is 2.00 bits per heavy atom. The van der Waals surface area contributed by atoms with Crippen molar-refractivity contribution in [3.05, 3.63) is 59.9 Å². The highest BCUT2D eigenvalue weighted by molar-refractivity contribution is 6.00. The fourth-order valence-electron chi connectivity index (χ4n) is 4.45. The van der Waals surface area contributed by atoms with Gasteiger partial charge in [0.15, 0.2) is 5.78 Å². The Balaban J connectivity index is 1.29. The number of hydrogen-bond acceptors (Lipinski definition) is 4. The third-order valence-electron chi connectivity index (χ3n) is 6.08. The molecule has 1 fully saturated rings. The van der Waals surface area contributed by atoms with Gasteiger partial charge in [0.1, 0.15) is 11.4 Å². The van der Waals surface area contributed by atoms with Crippen molar-refractivity contribution in [1.29, 1.82) is 0 Å². The van der Waals surface area contributed by atoms with Crippen LogP contribution in [0.5, 0.6) is 5.75 Å². The topological polar surface area (TPSA) is 59.5 Å². The molecule has 4 rings (SSSR count). The number of aryl methyl sites for hydroxylation is 1. The highest BCUT2D eigenvalue weighted by atomic mass is 16.5. The van der Waals surface area contributed by atoms with Crippen LogP contribution >= 0.6 is 0 Å². The van der Waals surface area contributed by atoms with Crippen LogP contribution in [0.2, 0.25) is 0 Å². The number of carbonyl (C=O) groups excluding carboxylic acids is 2. The van der Waals surface area contributed by atoms with E-state index in [4.69, 9.17) is 4.74 Å². The number of pyridine rings is 1. The first kappa shape index (κ1) is 19.6. The summed E-state index contributed by atoms with van der Waals surface area (Å²) in [5, 5.41) is 0. The van der Waals surface area contributed by atoms with Gasteiger partial charge in [0, 0.05) is 38.3 Å². The summed E-state index contributed by atoms with van der Waals surface area (Å²) < 4.78 is 6.32. The van der Waals surface area contributed by atoms with Crippen molar-refractivity contribution in [2.75, 3.05) is 13.1 Å². The van der Waals surface area contributed by atoms with E-state index >= 15 is 0 Å². The number of para-hydroxylation sites is 1. The molecule has 0 N–H and O–H groups in total. The summed E-state index contributed by atoms with van der Waals surface area (Å²) in [4.78, 5) is 31.4. The van der Waals surface area contributed by atoms with Crippen LogP contribution in [0.3, 0.4) is 0 Å². The zero-order valence-electron chi connectivity index (χ0n) is 16.8. The maximum Gasteiger partial charge on any atom is 0.222 e. The van der Waals surface area contributed by atoms with E-state index in [1.165, 1.54) is 5.56 Å². The first-order chi connectivity index (χ1) is 14.2. The summed E-state index contributed by atoms with van der Waals surface area (Å²) in [6.45, 7) is 1.42. The van der Waals surface area contributed by atoms with Gasteiger partial charge in [-0.1, -0.05) is 18.2 Å². The molecule has 1 atom stereocenters. The summed E-state index contributed by atoms with van der Waals surface area (Å²) in [6.07, 6.45) is 9.90. The minimum Gasteiger partial charge on any atom is -0.486 e. The summed E-state index contributed by atoms with van der Waals surface area (Å²) in [5.41, 5.74) is 1.45. The van der Waals surface area contributed by atoms with Crippen molar-refractivity contribution >= 4 is 11.7 Å². The van der Waals surface area contributed by atoms with Crippen molar-refractivity contribution < 1.29 is 14.3 Å². The quantitative estimate of drug-likeness (QED) is 0.715. The molecule has 3 heterocycles. The molecule has 2 aliphatic heterocycles. The van der Waals surface area contributed by atoms with Gasteiger partial charge in [0.25, 0.3) is 0 Å². The Bertz CT molecular complexity index is 867. The third-order valence-corrected chi connectivity index (χ3v) is 6.08. The van der Waals surface area contributed by atoms with Crippen molar-refractivity contribution in [2.45, 2.75) is 57.0 Å². The molecular formula is C24H28N2O3. The molecule has 1 amide bonds. The minimum atomic E-state index is -0.458. The second kappa shape index (κ2) is 8.76. The smallest absolute Gasteiger partial charge is 0.222 e. The van der Waals surface area contributed by atoms with Crippen molar-refractivity contribution in [2.24, 2.45) is 0 Å². The predicted octanol–water partition coefficient (Wildman–Crippen LogP) is 4.21. The Labute approximate surface area is 172 Å². The first-order valence-corrected chi connectivity index (χ1v) is 10.6. The van der Waals surface area contributed by atoms with Gasteiger partial charge in [0.2, 0.25) is 5.91 Å². The average Bonchev–Trinajstić information content (AvgIpc) is 2.94. The van der Waals surface area contributed by atoms with Gasteiger partial charge in [-0.25, -0.2) is 0 Å². The van der Waals surface area contributed by atoms with Gasteiger partial charge in [-0.2, -0.15) is 0 Å². The summed E-state index contributed by atoms with van der Waals surface area (Å²) in [6, 6.07) is 11.5. The molecule has 1 spiro atoms. The number of aromatic nitrogens is 1. The second-order valence-electron chi connectivity index (χ2n) is 8.18. The maximum absolute atomic E-state index is 12.7. The Hall–Kier alpha value is -2.69. The first-order valence-electron chi connectivity index (χ1n) is 10.6. The van der Waals surface area contributed by atoms with Crippen molar-refractivity contribution in [1.82, 2.24) is 9.88 Å². The standard InChI is InChI=1S/C24H28N2O3/c27-21-17-24(29-22-10-3-2-9-20(21)22)12-6-15-26(16-13-24)23(28)11-4-1-7-19-8-5-14-25-18-19/h2-3,5,8-10,14,18H,1,4,6-7,11-13,15-17H2. The lowest BCUT2D eigenvalue weighted by molar-refractivity contribution is -0.131. The van der Waals surface area contributed by atoms with Crippen LogP contribution in [-0.2, 0) is 11.2 Å². The number of Topliss-reactive ketones (excluding diaryl/α,β-unsaturated/α-hetero) is 1. The van der Waals surface area contributed by atoms with E-state index in [1.54, 1.807) is 6.20 Å². The number of ketones is 1. The van der Waals surface area contributed by atoms with Gasteiger partial charge in [0.05, 0.1) is 12.0 Å². The second-order valence-corrected chi connectivity index (χ2v) is 8.18. The largest absolute Gasteiger partial charge is 0.486 e. The molecule has 1 aromatic carbocycles. The van der Waals surface area contributed by atoms with Crippen LogP contribution in [0.4, 0.5) is 0 Å². The number of benzene rings is 1. The van der Waals surface area contributed by atoms with Gasteiger partial charge in [-0.3, -0.25) is 14.6 Å². The van der Waals surface area contributed by atoms with Gasteiger partial charge in [-0.05, 0) is 55.9 Å². The van der Waals surface area contributed by atoms with Crippen molar-refractivity contribution in [3.8, 4) is 5.75 Å². The molecule has 5 nitrogen and oxygen atoms in total. The number of ether oxygens (including phenoxy) is 1. The maximum atomic E-state index is 12.7. The lowest BCUT2D eigenvalue weighted by Crippen LogP contribution is -2.43. The molecule has 2 aromatic rings. The van der Waals surface area contributed by atoms with Crippen molar-refractivity contribution in [3.63, 3.8) is 0 Å². The van der Waals surface area contributed by atoms with E-state index in [9.17, 15) is 9.59 Å². The number of fused-ring (bicyclic) bond motifs is 1. The Morgan fingerprint density at radius 1 is 1.10 bits per heavy atom. The van der Waals surface area contributed by atoms with Crippen LogP contribution < -0.4 is 4.74 Å². The van der Waals surface area contributed by atoms with E-state index < -0.39 is 5.60 Å². The Kier molecular flexibility index (Phi) is 5.93. The van der Waals surface area contributed by atoms with E-state index in [0.717, 1.165) is 38.6 Å². The van der Waals surface area contributed by atoms with Gasteiger partial charge >= 0.3 is 0 Å². The van der Waals surface area contributed by atoms with Crippen LogP contribution in [0.15, 0.2) is 48.8 Å². The molecule has 0 aliphatic carbocycles. The fraction of sp³-hybridized carbons (Fsp3) is 0.458. The lowest BCUT2D eigenvalue weighted by atomic mass is 9.84. The molecule has 0 bridgehead atoms. The molecule has 1 unspecified atom stereocenters. The summed E-state index contributed by atoms with van der Waals surface area (Å²) in [5.74, 6) is 1.07. The number of unbranched alkanes of at least 4 members (excludes halogenated alkanes) is 1. The molecule has 152 valence electrons. The lowest BCUT2D eigenvalue weighted by Gasteiger charge is -2.37. The zero-order chi connectivity index (χ0) is 20.1. The molecule has 1 aromatic heterocycles. The van der Waals surface area contributed by atoms with E-state index in [0.29, 0.717) is 37.1 Å². The fourth-order valence-corrected chi connectivity index (χ4v) is 4.45. The van der Waals surface area contributed by atoms with E-state index in [2.05, 4.69) is 11.1 Å². The number of rotatable bonds is 5. The molecule has 2 aliphatic rings. The average molecular weight is 392 g/mol. The van der Waals surface area contributed by atoms with Gasteiger partial charge < -0.3 is 9.64 Å². The van der Waals surface area contributed by atoms with Gasteiger partial charge in [-0.15, -0.1) is 0 Å². The number of nitrogens with zero attached hydrogens (tertiary/aromatic N) is 2. The monoisotopic (exact) mass is 392 g/mol. The van der Waals surface area contributed by atoms with Crippen LogP contribution in [0.25, 0.3) is 0 Å². The summed E-state index contributed by atoms with van der Waals surface area (Å²) >= 11 is 0. The molecular weight excluding hydrogens is 364 g/mol. The van der Waals surface area contributed by atoms with Crippen LogP contribution in [-0.4, -0.2) is 40.3 Å². The van der Waals surface area contributed by atoms with E-state index in [-0.39, 0.29) is 11.7 Å². The highest BCUT2D eigenvalue weighted by Gasteiger charge is 2.41. The van der Waals surface area contributed by atoms with Crippen LogP contribution in [0.1, 0.15) is 60.9 Å². The van der Waals surface area contributed by atoms with Crippen LogP contribution in [0, 0.1) is 0 Å². The number of hydrogen-bond donors (Lipinski definition) is 0. The SMILES string of the molecule is O=C1CC2(CCCN(C(=O)CCCCc3cccnc3)CC2)Oc2ccccc21. The summed E-state index contributed by atoms with van der Waals surface area (Å²) in [7, 11) is 0. The third kappa shape index (κ3) is 4.66. The Morgan fingerprint density at radius 3 is 2.86 bits per heavy atom. The number of carbonyl (C=O) groups is 2. The molecule has 0 saturated carbocycles. The number of amides is 1. The molecule has 0 radical (unpaired) electrons. The molecule has 1 saturated heterocycles. The zero-order valence-corrected chi connectivity index (χ0v) is 16.8. The number of likely N-dealkylation sites (tertiary alicyclic amines) is 1. The van der Waals surface area contributed by atoms with E-state index in [1.807, 2.05) is 41.4 Å². The minimum absolute atomic E-state index is 0.155. The predicted molar refractivity (Wildman–Crippen MR) is 111 cm³/mol. The normalized spacial score (nSPS) is 21.4. The molecule has 5 heteroatoms.